The third kappa shape index (κ3) is 5.51. The summed E-state index contributed by atoms with van der Waals surface area (Å²) in [6.45, 7) is 4.26. The van der Waals surface area contributed by atoms with Gasteiger partial charge in [0.2, 0.25) is 0 Å². The average molecular weight is 298 g/mol. The fraction of sp³-hybridized carbons (Fsp3) is 0.857. The van der Waals surface area contributed by atoms with Gasteiger partial charge in [-0.05, 0) is 26.3 Å². The Kier molecular flexibility index (Phi) is 5.81. The lowest BCUT2D eigenvalue weighted by atomic mass is 10.4. The Morgan fingerprint density at radius 3 is 2.67 bits per heavy atom. The monoisotopic (exact) mass is 298 g/mol. The summed E-state index contributed by atoms with van der Waals surface area (Å²) in [5, 5.41) is 11.8. The molecule has 2 aliphatic rings. The normalized spacial score (nSPS) is 20.4. The van der Waals surface area contributed by atoms with Gasteiger partial charge >= 0.3 is 12.0 Å². The number of carboxylic acids is 1. The number of nitrogens with zero attached hydrogens (tertiary/aromatic N) is 3. The topological polar surface area (TPSA) is 76.1 Å². The maximum Gasteiger partial charge on any atom is 0.317 e. The Bertz CT molecular complexity index is 373. The Morgan fingerprint density at radius 1 is 1.24 bits per heavy atom. The van der Waals surface area contributed by atoms with Crippen LogP contribution in [0.5, 0.6) is 0 Å². The summed E-state index contributed by atoms with van der Waals surface area (Å²) in [6.07, 6.45) is 3.37. The molecular weight excluding hydrogens is 272 g/mol. The van der Waals surface area contributed by atoms with Gasteiger partial charge in [0.25, 0.3) is 0 Å². The Morgan fingerprint density at radius 2 is 2.00 bits per heavy atom. The Labute approximate surface area is 125 Å². The number of rotatable bonds is 6. The number of carboxylic acid groups (broad SMARTS) is 1. The highest BCUT2D eigenvalue weighted by Crippen LogP contribution is 2.24. The van der Waals surface area contributed by atoms with Crippen LogP contribution in [-0.4, -0.2) is 90.7 Å². The molecule has 1 saturated carbocycles. The van der Waals surface area contributed by atoms with Crippen LogP contribution in [0.2, 0.25) is 0 Å². The van der Waals surface area contributed by atoms with Crippen LogP contribution < -0.4 is 5.32 Å². The lowest BCUT2D eigenvalue weighted by Gasteiger charge is -2.22. The number of hydrogen-bond donors (Lipinski definition) is 2. The molecule has 0 spiro atoms. The minimum absolute atomic E-state index is 0.0311. The molecule has 0 aromatic rings. The molecule has 2 rings (SSSR count). The molecule has 7 nitrogen and oxygen atoms in total. The van der Waals surface area contributed by atoms with Crippen molar-refractivity contribution in [2.24, 2.45) is 0 Å². The van der Waals surface area contributed by atoms with E-state index in [1.54, 1.807) is 4.90 Å². The molecule has 1 heterocycles. The molecule has 2 amide bonds. The van der Waals surface area contributed by atoms with E-state index in [1.165, 1.54) is 12.8 Å². The van der Waals surface area contributed by atoms with Crippen LogP contribution >= 0.6 is 0 Å². The van der Waals surface area contributed by atoms with Crippen LogP contribution in [0, 0.1) is 0 Å². The molecule has 0 unspecified atom stereocenters. The average Bonchev–Trinajstić information content (AvgIpc) is 3.25. The second kappa shape index (κ2) is 7.61. The van der Waals surface area contributed by atoms with E-state index in [0.717, 1.165) is 19.5 Å². The van der Waals surface area contributed by atoms with Gasteiger partial charge in [-0.25, -0.2) is 4.79 Å². The molecule has 1 aliphatic heterocycles. The van der Waals surface area contributed by atoms with Gasteiger partial charge < -0.3 is 20.2 Å². The molecule has 0 atom stereocenters. The lowest BCUT2D eigenvalue weighted by Crippen LogP contribution is -2.44. The first-order valence-electron chi connectivity index (χ1n) is 7.73. The predicted octanol–water partition coefficient (Wildman–Crippen LogP) is -0.117. The standard InChI is InChI=1S/C14H26N4O3/c1-16(12-3-4-12)8-5-15-14(21)18-7-2-6-17(9-10-18)11-13(19)20/h12H,2-11H2,1H3,(H,15,21)(H,19,20). The van der Waals surface area contributed by atoms with Gasteiger partial charge in [-0.15, -0.1) is 0 Å². The largest absolute Gasteiger partial charge is 0.480 e. The number of hydrogen-bond acceptors (Lipinski definition) is 4. The van der Waals surface area contributed by atoms with Crippen LogP contribution in [0.25, 0.3) is 0 Å². The van der Waals surface area contributed by atoms with Crippen molar-refractivity contribution in [1.82, 2.24) is 20.0 Å². The van der Waals surface area contributed by atoms with Crippen LogP contribution in [0.4, 0.5) is 4.79 Å². The van der Waals surface area contributed by atoms with Crippen molar-refractivity contribution in [2.75, 3.05) is 52.9 Å². The zero-order chi connectivity index (χ0) is 15.2. The van der Waals surface area contributed by atoms with E-state index in [1.807, 2.05) is 4.90 Å². The van der Waals surface area contributed by atoms with Crippen LogP contribution in [-0.2, 0) is 4.79 Å². The lowest BCUT2D eigenvalue weighted by molar-refractivity contribution is -0.138. The molecule has 1 saturated heterocycles. The predicted molar refractivity (Wildman–Crippen MR) is 79.3 cm³/mol. The third-order valence-corrected chi connectivity index (χ3v) is 4.15. The third-order valence-electron chi connectivity index (χ3n) is 4.15. The van der Waals surface area contributed by atoms with Gasteiger partial charge in [0.15, 0.2) is 0 Å². The van der Waals surface area contributed by atoms with Gasteiger partial charge in [-0.3, -0.25) is 9.69 Å². The quantitative estimate of drug-likeness (QED) is 0.715. The Hall–Kier alpha value is -1.34. The summed E-state index contributed by atoms with van der Waals surface area (Å²) < 4.78 is 0. The van der Waals surface area contributed by atoms with E-state index in [2.05, 4.69) is 17.3 Å². The Balaban J connectivity index is 1.66. The fourth-order valence-electron chi connectivity index (χ4n) is 2.67. The molecule has 2 N–H and O–H groups in total. The van der Waals surface area contributed by atoms with Crippen LogP contribution in [0.1, 0.15) is 19.3 Å². The minimum Gasteiger partial charge on any atom is -0.480 e. The molecule has 1 aliphatic carbocycles. The van der Waals surface area contributed by atoms with E-state index in [9.17, 15) is 9.59 Å². The summed E-state index contributed by atoms with van der Waals surface area (Å²) in [5.41, 5.74) is 0. The summed E-state index contributed by atoms with van der Waals surface area (Å²) in [7, 11) is 2.10. The second-order valence-electron chi connectivity index (χ2n) is 5.95. The number of urea groups is 1. The molecule has 0 aromatic heterocycles. The van der Waals surface area contributed by atoms with E-state index in [4.69, 9.17) is 5.11 Å². The fourth-order valence-corrected chi connectivity index (χ4v) is 2.67. The van der Waals surface area contributed by atoms with Crippen LogP contribution in [0.3, 0.4) is 0 Å². The highest BCUT2D eigenvalue weighted by molar-refractivity contribution is 5.74. The first-order chi connectivity index (χ1) is 10.1. The molecule has 0 aromatic carbocycles. The van der Waals surface area contributed by atoms with Crippen molar-refractivity contribution in [2.45, 2.75) is 25.3 Å². The molecule has 7 heteroatoms. The molecule has 0 radical (unpaired) electrons. The number of carbonyl (C=O) groups excluding carboxylic acids is 1. The van der Waals surface area contributed by atoms with Crippen LogP contribution in [0.15, 0.2) is 0 Å². The number of likely N-dealkylation sites (N-methyl/N-ethyl adjacent to an activating group) is 1. The molecule has 0 bridgehead atoms. The van der Waals surface area contributed by atoms with Gasteiger partial charge in [-0.1, -0.05) is 0 Å². The van der Waals surface area contributed by atoms with Crippen molar-refractivity contribution in [3.63, 3.8) is 0 Å². The van der Waals surface area contributed by atoms with Gasteiger partial charge in [0.05, 0.1) is 6.54 Å². The van der Waals surface area contributed by atoms with Crippen molar-refractivity contribution in [1.29, 1.82) is 0 Å². The van der Waals surface area contributed by atoms with E-state index >= 15 is 0 Å². The van der Waals surface area contributed by atoms with E-state index in [-0.39, 0.29) is 12.6 Å². The minimum atomic E-state index is -0.809. The summed E-state index contributed by atoms with van der Waals surface area (Å²) in [6, 6.07) is 0.682. The zero-order valence-electron chi connectivity index (χ0n) is 12.8. The zero-order valence-corrected chi connectivity index (χ0v) is 12.8. The van der Waals surface area contributed by atoms with Gasteiger partial charge in [0.1, 0.15) is 0 Å². The van der Waals surface area contributed by atoms with E-state index in [0.29, 0.717) is 32.2 Å². The van der Waals surface area contributed by atoms with Crippen molar-refractivity contribution in [3.05, 3.63) is 0 Å². The van der Waals surface area contributed by atoms with Gasteiger partial charge in [0, 0.05) is 45.3 Å². The second-order valence-corrected chi connectivity index (χ2v) is 5.95. The SMILES string of the molecule is CN(CCNC(=O)N1CCCN(CC(=O)O)CC1)C1CC1. The number of carbonyl (C=O) groups is 2. The molecule has 120 valence electrons. The molecule has 2 fully saturated rings. The molecule has 21 heavy (non-hydrogen) atoms. The maximum absolute atomic E-state index is 12.1. The highest BCUT2D eigenvalue weighted by atomic mass is 16.4. The van der Waals surface area contributed by atoms with E-state index < -0.39 is 5.97 Å². The summed E-state index contributed by atoms with van der Waals surface area (Å²) in [5.74, 6) is -0.809. The smallest absolute Gasteiger partial charge is 0.317 e. The highest BCUT2D eigenvalue weighted by Gasteiger charge is 2.26. The van der Waals surface area contributed by atoms with Crippen molar-refractivity contribution < 1.29 is 14.7 Å². The first kappa shape index (κ1) is 16.0. The maximum atomic E-state index is 12.1. The number of nitrogens with one attached hydrogen (secondary N) is 1. The van der Waals surface area contributed by atoms with Crippen molar-refractivity contribution in [3.8, 4) is 0 Å². The number of amides is 2. The first-order valence-corrected chi connectivity index (χ1v) is 7.73. The van der Waals surface area contributed by atoms with Gasteiger partial charge in [-0.2, -0.15) is 0 Å². The summed E-state index contributed by atoms with van der Waals surface area (Å²) in [4.78, 5) is 28.8. The molecular formula is C14H26N4O3. The van der Waals surface area contributed by atoms with Crippen molar-refractivity contribution >= 4 is 12.0 Å². The summed E-state index contributed by atoms with van der Waals surface area (Å²) >= 11 is 0. The number of aliphatic carboxylic acids is 1.